The molecule has 0 spiro atoms. The van der Waals surface area contributed by atoms with E-state index in [1.165, 1.54) is 6.42 Å². The molecule has 0 amide bonds. The normalized spacial score (nSPS) is 18.1. The van der Waals surface area contributed by atoms with Gasteiger partial charge in [-0.15, -0.1) is 6.58 Å². The van der Waals surface area contributed by atoms with E-state index in [4.69, 9.17) is 5.26 Å². The first-order valence-corrected chi connectivity index (χ1v) is 6.54. The minimum absolute atomic E-state index is 0.143. The van der Waals surface area contributed by atoms with Crippen LogP contribution in [0.25, 0.3) is 0 Å². The van der Waals surface area contributed by atoms with Gasteiger partial charge in [0.1, 0.15) is 0 Å². The van der Waals surface area contributed by atoms with Crippen molar-refractivity contribution in [3.05, 3.63) is 12.7 Å². The van der Waals surface area contributed by atoms with Crippen molar-refractivity contribution < 1.29 is 0 Å². The molecule has 0 saturated heterocycles. The van der Waals surface area contributed by atoms with Crippen LogP contribution in [0.5, 0.6) is 0 Å². The van der Waals surface area contributed by atoms with Crippen LogP contribution in [0.1, 0.15) is 44.9 Å². The monoisotopic (exact) mass is 241 g/mol. The van der Waals surface area contributed by atoms with Crippen LogP contribution in [0.4, 0.5) is 0 Å². The highest BCUT2D eigenvalue weighted by Crippen LogP contribution is 2.43. The maximum atomic E-state index is 9.41. The second kappa shape index (κ2) is 6.83. The molecule has 0 aromatic rings. The molecule has 1 atom stereocenters. The second-order valence-corrected chi connectivity index (χ2v) is 5.05. The summed E-state index contributed by atoms with van der Waals surface area (Å²) in [6, 6.07) is 6.49. The number of rotatable bonds is 5. The Balaban J connectivity index is 3.01. The predicted octanol–water partition coefficient (Wildman–Crippen LogP) is 3.71. The third-order valence-corrected chi connectivity index (χ3v) is 4.03. The first-order valence-electron chi connectivity index (χ1n) is 6.54. The maximum Gasteiger partial charge on any atom is 0.151 e. The lowest BCUT2D eigenvalue weighted by Crippen LogP contribution is -2.34. The molecule has 0 heterocycles. The summed E-state index contributed by atoms with van der Waals surface area (Å²) in [5.41, 5.74) is -1.07. The molecule has 0 radical (unpaired) electrons. The molecule has 1 unspecified atom stereocenters. The van der Waals surface area contributed by atoms with E-state index in [9.17, 15) is 10.5 Å². The molecule has 1 aliphatic carbocycles. The predicted molar refractivity (Wildman–Crippen MR) is 68.8 cm³/mol. The van der Waals surface area contributed by atoms with Crippen LogP contribution < -0.4 is 0 Å². The maximum absolute atomic E-state index is 9.41. The minimum Gasteiger partial charge on any atom is -0.198 e. The molecule has 18 heavy (non-hydrogen) atoms. The van der Waals surface area contributed by atoms with Gasteiger partial charge < -0.3 is 0 Å². The van der Waals surface area contributed by atoms with Crippen molar-refractivity contribution in [2.24, 2.45) is 17.3 Å². The largest absolute Gasteiger partial charge is 0.198 e. The van der Waals surface area contributed by atoms with E-state index in [-0.39, 0.29) is 5.92 Å². The fourth-order valence-electron chi connectivity index (χ4n) is 3.04. The van der Waals surface area contributed by atoms with E-state index in [1.807, 2.05) is 0 Å². The Morgan fingerprint density at radius 1 is 1.17 bits per heavy atom. The van der Waals surface area contributed by atoms with Gasteiger partial charge in [-0.1, -0.05) is 38.2 Å². The van der Waals surface area contributed by atoms with Crippen molar-refractivity contribution in [1.29, 1.82) is 15.8 Å². The van der Waals surface area contributed by atoms with E-state index in [1.54, 1.807) is 6.08 Å². The summed E-state index contributed by atoms with van der Waals surface area (Å²) in [7, 11) is 0. The summed E-state index contributed by atoms with van der Waals surface area (Å²) in [5.74, 6) is 0.188. The van der Waals surface area contributed by atoms with Crippen molar-refractivity contribution in [3.63, 3.8) is 0 Å². The molecule has 1 rings (SSSR count). The number of nitrogens with zero attached hydrogens (tertiary/aromatic N) is 3. The van der Waals surface area contributed by atoms with Crippen LogP contribution in [0.2, 0.25) is 0 Å². The zero-order valence-corrected chi connectivity index (χ0v) is 10.7. The molecule has 1 fully saturated rings. The topological polar surface area (TPSA) is 71.4 Å². The average Bonchev–Trinajstić information content (AvgIpc) is 2.44. The Hall–Kier alpha value is -1.79. The Labute approximate surface area is 109 Å². The molecule has 94 valence electrons. The fraction of sp³-hybridized carbons (Fsp3) is 0.667. The van der Waals surface area contributed by atoms with Crippen molar-refractivity contribution in [2.75, 3.05) is 0 Å². The number of hydrogen-bond acceptors (Lipinski definition) is 3. The first kappa shape index (κ1) is 14.3. The first-order chi connectivity index (χ1) is 8.74. The van der Waals surface area contributed by atoms with Gasteiger partial charge in [-0.2, -0.15) is 15.8 Å². The summed E-state index contributed by atoms with van der Waals surface area (Å²) in [6.07, 6.45) is 7.86. The van der Waals surface area contributed by atoms with Gasteiger partial charge >= 0.3 is 0 Å². The molecule has 3 nitrogen and oxygen atoms in total. The van der Waals surface area contributed by atoms with Gasteiger partial charge in [0.15, 0.2) is 5.41 Å². The fourth-order valence-corrected chi connectivity index (χ4v) is 3.04. The lowest BCUT2D eigenvalue weighted by molar-refractivity contribution is 0.169. The lowest BCUT2D eigenvalue weighted by atomic mass is 9.64. The molecule has 1 saturated carbocycles. The van der Waals surface area contributed by atoms with Crippen LogP contribution >= 0.6 is 0 Å². The van der Waals surface area contributed by atoms with E-state index in [2.05, 4.69) is 24.8 Å². The SMILES string of the molecule is C=CCC(C#N)(C#N)C(CC#N)C1CCCCC1. The molecule has 0 aromatic heterocycles. The van der Waals surface area contributed by atoms with Crippen molar-refractivity contribution >= 4 is 0 Å². The molecule has 3 heteroatoms. The highest BCUT2D eigenvalue weighted by molar-refractivity contribution is 5.20. The van der Waals surface area contributed by atoms with Gasteiger partial charge in [-0.05, 0) is 12.3 Å². The minimum atomic E-state index is -1.07. The lowest BCUT2D eigenvalue weighted by Gasteiger charge is -2.35. The van der Waals surface area contributed by atoms with Gasteiger partial charge in [0, 0.05) is 12.3 Å². The molecule has 1 aliphatic rings. The molecule has 0 N–H and O–H groups in total. The van der Waals surface area contributed by atoms with E-state index >= 15 is 0 Å². The van der Waals surface area contributed by atoms with Crippen LogP contribution in [-0.2, 0) is 0 Å². The summed E-state index contributed by atoms with van der Waals surface area (Å²) >= 11 is 0. The van der Waals surface area contributed by atoms with Crippen LogP contribution in [0.15, 0.2) is 12.7 Å². The zero-order chi connectivity index (χ0) is 13.4. The van der Waals surface area contributed by atoms with Crippen molar-refractivity contribution in [3.8, 4) is 18.2 Å². The van der Waals surface area contributed by atoms with Gasteiger partial charge in [-0.3, -0.25) is 0 Å². The molecule has 0 aliphatic heterocycles. The van der Waals surface area contributed by atoms with Gasteiger partial charge in [0.05, 0.1) is 18.2 Å². The molecular formula is C15H19N3. The standard InChI is InChI=1S/C15H19N3/c1-2-9-15(11-17,12-18)14(8-10-16)13-6-4-3-5-7-13/h2,13-14H,1,3-9H2. The average molecular weight is 241 g/mol. The summed E-state index contributed by atoms with van der Waals surface area (Å²) in [4.78, 5) is 0. The van der Waals surface area contributed by atoms with Gasteiger partial charge in [0.2, 0.25) is 0 Å². The molecule has 0 aromatic carbocycles. The Morgan fingerprint density at radius 3 is 2.22 bits per heavy atom. The third kappa shape index (κ3) is 2.91. The molecule has 0 bridgehead atoms. The highest BCUT2D eigenvalue weighted by Gasteiger charge is 2.43. The smallest absolute Gasteiger partial charge is 0.151 e. The van der Waals surface area contributed by atoms with E-state index < -0.39 is 5.41 Å². The summed E-state index contributed by atoms with van der Waals surface area (Å²) in [6.45, 7) is 3.64. The summed E-state index contributed by atoms with van der Waals surface area (Å²) in [5, 5.41) is 27.8. The third-order valence-electron chi connectivity index (χ3n) is 4.03. The van der Waals surface area contributed by atoms with Crippen LogP contribution in [0, 0.1) is 51.2 Å². The Kier molecular flexibility index (Phi) is 5.41. The van der Waals surface area contributed by atoms with Crippen molar-refractivity contribution in [1.82, 2.24) is 0 Å². The number of nitriles is 3. The van der Waals surface area contributed by atoms with Crippen LogP contribution in [-0.4, -0.2) is 0 Å². The zero-order valence-electron chi connectivity index (χ0n) is 10.7. The van der Waals surface area contributed by atoms with Gasteiger partial charge in [-0.25, -0.2) is 0 Å². The second-order valence-electron chi connectivity index (χ2n) is 5.05. The Morgan fingerprint density at radius 2 is 1.78 bits per heavy atom. The van der Waals surface area contributed by atoms with E-state index in [0.717, 1.165) is 25.7 Å². The quantitative estimate of drug-likeness (QED) is 0.689. The van der Waals surface area contributed by atoms with Gasteiger partial charge in [0.25, 0.3) is 0 Å². The van der Waals surface area contributed by atoms with E-state index in [0.29, 0.717) is 18.8 Å². The number of allylic oxidation sites excluding steroid dienone is 1. The van der Waals surface area contributed by atoms with Crippen LogP contribution in [0.3, 0.4) is 0 Å². The number of hydrogen-bond donors (Lipinski definition) is 0. The van der Waals surface area contributed by atoms with Crippen molar-refractivity contribution in [2.45, 2.75) is 44.9 Å². The molecular weight excluding hydrogens is 222 g/mol. The Bertz CT molecular complexity index is 385. The highest BCUT2D eigenvalue weighted by atomic mass is 14.5. The summed E-state index contributed by atoms with van der Waals surface area (Å²) < 4.78 is 0.